The molecule has 1 aliphatic rings. The second kappa shape index (κ2) is 4.32. The number of hydrogen-bond donors (Lipinski definition) is 2. The minimum atomic E-state index is -0.702. The van der Waals surface area contributed by atoms with Gasteiger partial charge in [-0.2, -0.15) is 0 Å². The lowest BCUT2D eigenvalue weighted by Crippen LogP contribution is -2.22. The van der Waals surface area contributed by atoms with Gasteiger partial charge in [-0.1, -0.05) is 0 Å². The number of rotatable bonds is 3. The van der Waals surface area contributed by atoms with Crippen molar-refractivity contribution < 1.29 is 19.1 Å². The summed E-state index contributed by atoms with van der Waals surface area (Å²) in [5.74, 6) is 0.743. The third-order valence-electron chi connectivity index (χ3n) is 2.48. The van der Waals surface area contributed by atoms with Gasteiger partial charge in [0.05, 0.1) is 14.2 Å². The van der Waals surface area contributed by atoms with E-state index >= 15 is 0 Å². The summed E-state index contributed by atoms with van der Waals surface area (Å²) in [5.41, 5.74) is 0.615. The lowest BCUT2D eigenvalue weighted by molar-refractivity contribution is -0.120. The van der Waals surface area contributed by atoms with Crippen LogP contribution in [-0.4, -0.2) is 26.2 Å². The number of benzene rings is 1. The van der Waals surface area contributed by atoms with E-state index in [1.807, 2.05) is 0 Å². The van der Waals surface area contributed by atoms with Crippen LogP contribution in [0, 0.1) is 0 Å². The molecule has 1 fully saturated rings. The highest BCUT2D eigenvalue weighted by atomic mass is 16.5. The molecule has 0 aliphatic carbocycles. The molecule has 6 heteroatoms. The summed E-state index contributed by atoms with van der Waals surface area (Å²) in [7, 11) is 3.04. The molecular formula is C11H12N2O4. The predicted octanol–water partition coefficient (Wildman–Crippen LogP) is 0.584. The number of hydrogen-bond acceptors (Lipinski definition) is 4. The van der Waals surface area contributed by atoms with Gasteiger partial charge in [-0.3, -0.25) is 10.1 Å². The fourth-order valence-electron chi connectivity index (χ4n) is 1.65. The number of imide groups is 1. The number of carbonyl (C=O) groups is 2. The Morgan fingerprint density at radius 2 is 1.65 bits per heavy atom. The van der Waals surface area contributed by atoms with Crippen molar-refractivity contribution in [2.75, 3.05) is 14.2 Å². The second-order valence-electron chi connectivity index (χ2n) is 3.54. The van der Waals surface area contributed by atoms with Crippen LogP contribution in [-0.2, 0) is 4.79 Å². The summed E-state index contributed by atoms with van der Waals surface area (Å²) in [6.45, 7) is 0. The number of amides is 3. The molecule has 2 N–H and O–H groups in total. The molecule has 17 heavy (non-hydrogen) atoms. The molecule has 0 spiro atoms. The molecule has 0 radical (unpaired) electrons. The van der Waals surface area contributed by atoms with Gasteiger partial charge in [-0.25, -0.2) is 4.79 Å². The Balaban J connectivity index is 2.37. The zero-order valence-corrected chi connectivity index (χ0v) is 9.44. The molecule has 0 unspecified atom stereocenters. The first-order chi connectivity index (χ1) is 8.13. The lowest BCUT2D eigenvalue weighted by Gasteiger charge is -2.11. The average molecular weight is 236 g/mol. The fraction of sp³-hybridized carbons (Fsp3) is 0.273. The van der Waals surface area contributed by atoms with E-state index in [-0.39, 0.29) is 5.91 Å². The number of nitrogens with one attached hydrogen (secondary N) is 2. The first kappa shape index (κ1) is 11.3. The fourth-order valence-corrected chi connectivity index (χ4v) is 1.65. The third kappa shape index (κ3) is 2.15. The van der Waals surface area contributed by atoms with Gasteiger partial charge in [0.25, 0.3) is 5.91 Å². The SMILES string of the molecule is COc1cc(OC)cc([C@@H]2NC(=O)NC2=O)c1. The van der Waals surface area contributed by atoms with Gasteiger partial charge in [-0.05, 0) is 17.7 Å². The molecular weight excluding hydrogens is 224 g/mol. The maximum atomic E-state index is 11.5. The zero-order valence-electron chi connectivity index (χ0n) is 9.44. The smallest absolute Gasteiger partial charge is 0.322 e. The second-order valence-corrected chi connectivity index (χ2v) is 3.54. The van der Waals surface area contributed by atoms with E-state index in [0.29, 0.717) is 17.1 Å². The molecule has 1 aliphatic heterocycles. The van der Waals surface area contributed by atoms with Crippen LogP contribution < -0.4 is 20.1 Å². The van der Waals surface area contributed by atoms with Gasteiger partial charge in [0.15, 0.2) is 0 Å². The largest absolute Gasteiger partial charge is 0.497 e. The van der Waals surface area contributed by atoms with E-state index in [1.54, 1.807) is 18.2 Å². The quantitative estimate of drug-likeness (QED) is 0.753. The minimum absolute atomic E-state index is 0.384. The maximum absolute atomic E-state index is 11.5. The number of methoxy groups -OCH3 is 2. The summed E-state index contributed by atoms with van der Waals surface area (Å²) in [6.07, 6.45) is 0. The molecule has 2 rings (SSSR count). The Hall–Kier alpha value is -2.24. The summed E-state index contributed by atoms with van der Waals surface area (Å²) >= 11 is 0. The molecule has 1 heterocycles. The van der Waals surface area contributed by atoms with Crippen molar-refractivity contribution in [1.29, 1.82) is 0 Å². The van der Waals surface area contributed by atoms with Crippen molar-refractivity contribution in [3.63, 3.8) is 0 Å². The summed E-state index contributed by atoms with van der Waals surface area (Å²) < 4.78 is 10.2. The summed E-state index contributed by atoms with van der Waals surface area (Å²) in [4.78, 5) is 22.5. The predicted molar refractivity (Wildman–Crippen MR) is 59.0 cm³/mol. The number of carbonyl (C=O) groups excluding carboxylic acids is 2. The highest BCUT2D eigenvalue weighted by Gasteiger charge is 2.31. The number of ether oxygens (including phenoxy) is 2. The molecule has 6 nitrogen and oxygen atoms in total. The Bertz CT molecular complexity index is 450. The van der Waals surface area contributed by atoms with Crippen LogP contribution in [0.3, 0.4) is 0 Å². The van der Waals surface area contributed by atoms with Gasteiger partial charge in [0, 0.05) is 6.07 Å². The molecule has 3 amide bonds. The molecule has 1 saturated heterocycles. The highest BCUT2D eigenvalue weighted by molar-refractivity contribution is 6.04. The third-order valence-corrected chi connectivity index (χ3v) is 2.48. The van der Waals surface area contributed by atoms with Crippen LogP contribution in [0.4, 0.5) is 4.79 Å². The van der Waals surface area contributed by atoms with Gasteiger partial charge in [-0.15, -0.1) is 0 Å². The lowest BCUT2D eigenvalue weighted by atomic mass is 10.1. The molecule has 1 atom stereocenters. The van der Waals surface area contributed by atoms with Crippen molar-refractivity contribution in [3.05, 3.63) is 23.8 Å². The van der Waals surface area contributed by atoms with E-state index in [4.69, 9.17) is 9.47 Å². The zero-order chi connectivity index (χ0) is 12.4. The monoisotopic (exact) mass is 236 g/mol. The van der Waals surface area contributed by atoms with Gasteiger partial charge >= 0.3 is 6.03 Å². The van der Waals surface area contributed by atoms with Crippen LogP contribution in [0.2, 0.25) is 0 Å². The van der Waals surface area contributed by atoms with E-state index in [2.05, 4.69) is 10.6 Å². The van der Waals surface area contributed by atoms with E-state index in [9.17, 15) is 9.59 Å². The molecule has 0 saturated carbocycles. The molecule has 90 valence electrons. The van der Waals surface area contributed by atoms with Gasteiger partial charge < -0.3 is 14.8 Å². The molecule has 0 bridgehead atoms. The average Bonchev–Trinajstić information content (AvgIpc) is 2.67. The number of urea groups is 1. The minimum Gasteiger partial charge on any atom is -0.497 e. The van der Waals surface area contributed by atoms with Crippen molar-refractivity contribution in [2.24, 2.45) is 0 Å². The van der Waals surface area contributed by atoms with Crippen LogP contribution >= 0.6 is 0 Å². The normalized spacial score (nSPS) is 18.6. The molecule has 1 aromatic carbocycles. The standard InChI is InChI=1S/C11H12N2O4/c1-16-7-3-6(4-8(5-7)17-2)9-10(14)13-11(15)12-9/h3-5,9H,1-2H3,(H2,12,13,14,15)/t9-/m0/s1. The van der Waals surface area contributed by atoms with Crippen molar-refractivity contribution in [2.45, 2.75) is 6.04 Å². The topological polar surface area (TPSA) is 76.7 Å². The molecule has 1 aromatic rings. The van der Waals surface area contributed by atoms with Crippen LogP contribution in [0.25, 0.3) is 0 Å². The van der Waals surface area contributed by atoms with Crippen LogP contribution in [0.15, 0.2) is 18.2 Å². The summed E-state index contributed by atoms with van der Waals surface area (Å²) in [6, 6.07) is 3.85. The highest BCUT2D eigenvalue weighted by Crippen LogP contribution is 2.27. The van der Waals surface area contributed by atoms with Crippen LogP contribution in [0.1, 0.15) is 11.6 Å². The van der Waals surface area contributed by atoms with Crippen molar-refractivity contribution in [3.8, 4) is 11.5 Å². The van der Waals surface area contributed by atoms with Crippen molar-refractivity contribution >= 4 is 11.9 Å². The van der Waals surface area contributed by atoms with E-state index in [0.717, 1.165) is 0 Å². The molecule has 0 aromatic heterocycles. The Morgan fingerprint density at radius 1 is 1.06 bits per heavy atom. The Kier molecular flexibility index (Phi) is 2.86. The van der Waals surface area contributed by atoms with E-state index in [1.165, 1.54) is 14.2 Å². The first-order valence-electron chi connectivity index (χ1n) is 4.98. The summed E-state index contributed by atoms with van der Waals surface area (Å²) in [5, 5.41) is 4.68. The van der Waals surface area contributed by atoms with Crippen molar-refractivity contribution in [1.82, 2.24) is 10.6 Å². The maximum Gasteiger partial charge on any atom is 0.322 e. The Labute approximate surface area is 97.9 Å². The van der Waals surface area contributed by atoms with Gasteiger partial charge in [0.2, 0.25) is 0 Å². The van der Waals surface area contributed by atoms with Crippen LogP contribution in [0.5, 0.6) is 11.5 Å². The van der Waals surface area contributed by atoms with E-state index < -0.39 is 12.1 Å². The Morgan fingerprint density at radius 3 is 2.06 bits per heavy atom. The first-order valence-corrected chi connectivity index (χ1v) is 4.98. The van der Waals surface area contributed by atoms with Gasteiger partial charge in [0.1, 0.15) is 17.5 Å².